The highest BCUT2D eigenvalue weighted by molar-refractivity contribution is 5.77. The van der Waals surface area contributed by atoms with Gasteiger partial charge in [-0.05, 0) is 62.4 Å². The number of nitrogens with zero attached hydrogens (tertiary/aromatic N) is 5. The number of ether oxygens (including phenoxy) is 1. The summed E-state index contributed by atoms with van der Waals surface area (Å²) in [5, 5.41) is 8.83. The van der Waals surface area contributed by atoms with E-state index in [1.165, 1.54) is 11.1 Å². The molecule has 1 amide bonds. The Kier molecular flexibility index (Phi) is 5.42. The second-order valence-corrected chi connectivity index (χ2v) is 8.90. The lowest BCUT2D eigenvalue weighted by atomic mass is 9.86. The van der Waals surface area contributed by atoms with E-state index >= 15 is 0 Å². The largest absolute Gasteiger partial charge is 0.495 e. The first-order chi connectivity index (χ1) is 15.5. The number of likely N-dealkylation sites (N-methyl/N-ethyl adjacent to an activating group) is 1. The Labute approximate surface area is 187 Å². The van der Waals surface area contributed by atoms with E-state index in [-0.39, 0.29) is 17.9 Å². The zero-order chi connectivity index (χ0) is 22.2. The van der Waals surface area contributed by atoms with Gasteiger partial charge in [0.1, 0.15) is 5.75 Å². The number of fused-ring (bicyclic) bond motifs is 2. The molecule has 1 fully saturated rings. The van der Waals surface area contributed by atoms with Crippen LogP contribution in [-0.4, -0.2) is 51.3 Å². The Morgan fingerprint density at radius 1 is 1.19 bits per heavy atom. The highest BCUT2D eigenvalue weighted by Gasteiger charge is 2.27. The Hall–Kier alpha value is -3.20. The molecule has 32 heavy (non-hydrogen) atoms. The van der Waals surface area contributed by atoms with E-state index in [1.54, 1.807) is 19.5 Å². The number of primary amides is 1. The lowest BCUT2D eigenvalue weighted by Gasteiger charge is -2.27. The summed E-state index contributed by atoms with van der Waals surface area (Å²) < 4.78 is 7.61. The number of nitrogens with one attached hydrogen (secondary N) is 1. The van der Waals surface area contributed by atoms with Crippen molar-refractivity contribution in [1.82, 2.24) is 24.6 Å². The number of methoxy groups -OCH3 is 1. The summed E-state index contributed by atoms with van der Waals surface area (Å²) in [6.07, 6.45) is 7.92. The number of carbonyl (C=O) groups excluding carboxylic acids is 1. The van der Waals surface area contributed by atoms with Gasteiger partial charge in [0.15, 0.2) is 5.65 Å². The first kappa shape index (κ1) is 20.7. The van der Waals surface area contributed by atoms with Gasteiger partial charge >= 0.3 is 0 Å². The molecule has 0 bridgehead atoms. The van der Waals surface area contributed by atoms with Crippen LogP contribution in [0, 0.1) is 5.92 Å². The molecular weight excluding hydrogens is 406 g/mol. The Morgan fingerprint density at radius 3 is 2.75 bits per heavy atom. The number of anilines is 2. The van der Waals surface area contributed by atoms with E-state index in [9.17, 15) is 4.79 Å². The average Bonchev–Trinajstić information content (AvgIpc) is 3.22. The summed E-state index contributed by atoms with van der Waals surface area (Å²) >= 11 is 0. The van der Waals surface area contributed by atoms with Gasteiger partial charge < -0.3 is 20.7 Å². The molecule has 9 heteroatoms. The Balaban J connectivity index is 1.42. The van der Waals surface area contributed by atoms with Crippen molar-refractivity contribution in [2.24, 2.45) is 11.7 Å². The zero-order valence-electron chi connectivity index (χ0n) is 18.5. The minimum atomic E-state index is -0.201. The van der Waals surface area contributed by atoms with Gasteiger partial charge in [-0.15, -0.1) is 0 Å². The highest BCUT2D eigenvalue weighted by Crippen LogP contribution is 2.35. The van der Waals surface area contributed by atoms with Crippen LogP contribution in [0.5, 0.6) is 5.75 Å². The van der Waals surface area contributed by atoms with E-state index < -0.39 is 0 Å². The van der Waals surface area contributed by atoms with Gasteiger partial charge in [0.05, 0.1) is 30.4 Å². The van der Waals surface area contributed by atoms with Gasteiger partial charge in [-0.1, -0.05) is 0 Å². The van der Waals surface area contributed by atoms with Crippen molar-refractivity contribution >= 4 is 28.6 Å². The van der Waals surface area contributed by atoms with Gasteiger partial charge in [-0.3, -0.25) is 4.79 Å². The normalized spacial score (nSPS) is 21.3. The van der Waals surface area contributed by atoms with Crippen molar-refractivity contribution in [3.8, 4) is 5.75 Å². The molecule has 1 aromatic carbocycles. The van der Waals surface area contributed by atoms with E-state index in [0.717, 1.165) is 67.7 Å². The van der Waals surface area contributed by atoms with Crippen LogP contribution in [0.1, 0.15) is 42.9 Å². The number of aromatic nitrogens is 4. The third kappa shape index (κ3) is 3.88. The molecule has 1 aliphatic heterocycles. The molecule has 1 saturated carbocycles. The second-order valence-electron chi connectivity index (χ2n) is 8.90. The quantitative estimate of drug-likeness (QED) is 0.634. The predicted octanol–water partition coefficient (Wildman–Crippen LogP) is 2.78. The Morgan fingerprint density at radius 2 is 2.00 bits per heavy atom. The van der Waals surface area contributed by atoms with Gasteiger partial charge in [-0.25, -0.2) is 9.67 Å². The van der Waals surface area contributed by atoms with Crippen LogP contribution in [0.3, 0.4) is 0 Å². The highest BCUT2D eigenvalue weighted by atomic mass is 16.5. The fourth-order valence-corrected chi connectivity index (χ4v) is 4.88. The lowest BCUT2D eigenvalue weighted by molar-refractivity contribution is -0.122. The molecule has 0 spiro atoms. The molecule has 0 saturated heterocycles. The smallest absolute Gasteiger partial charge is 0.229 e. The van der Waals surface area contributed by atoms with Crippen molar-refractivity contribution in [2.75, 3.05) is 26.0 Å². The van der Waals surface area contributed by atoms with Gasteiger partial charge in [0, 0.05) is 25.2 Å². The van der Waals surface area contributed by atoms with Crippen molar-refractivity contribution < 1.29 is 9.53 Å². The van der Waals surface area contributed by atoms with Crippen LogP contribution < -0.4 is 15.8 Å². The molecule has 1 aliphatic carbocycles. The molecule has 3 N–H and O–H groups in total. The summed E-state index contributed by atoms with van der Waals surface area (Å²) in [6.45, 7) is 1.96. The SMILES string of the molecule is COc1cc2c(cc1Nc1ncc3cnn([C@H]4CC[C@H](C(N)=O)CC4)c3n1)CN(C)CC2. The van der Waals surface area contributed by atoms with E-state index in [1.807, 2.05) is 4.68 Å². The molecule has 3 aromatic rings. The van der Waals surface area contributed by atoms with Crippen LogP contribution in [0.25, 0.3) is 11.0 Å². The number of nitrogens with two attached hydrogens (primary N) is 1. The van der Waals surface area contributed by atoms with Crippen molar-refractivity contribution in [2.45, 2.75) is 44.7 Å². The number of hydrogen-bond acceptors (Lipinski definition) is 7. The molecule has 168 valence electrons. The molecule has 0 radical (unpaired) electrons. The minimum absolute atomic E-state index is 0.0320. The molecule has 5 rings (SSSR count). The number of amides is 1. The van der Waals surface area contributed by atoms with E-state index in [4.69, 9.17) is 15.5 Å². The Bertz CT molecular complexity index is 1150. The number of carbonyl (C=O) groups is 1. The molecular formula is C23H29N7O2. The molecule has 0 atom stereocenters. The van der Waals surface area contributed by atoms with Crippen molar-refractivity contribution in [3.05, 3.63) is 35.7 Å². The topological polar surface area (TPSA) is 111 Å². The minimum Gasteiger partial charge on any atom is -0.495 e. The number of rotatable bonds is 5. The summed E-state index contributed by atoms with van der Waals surface area (Å²) in [7, 11) is 3.82. The van der Waals surface area contributed by atoms with E-state index in [2.05, 4.69) is 39.5 Å². The van der Waals surface area contributed by atoms with Crippen molar-refractivity contribution in [1.29, 1.82) is 0 Å². The summed E-state index contributed by atoms with van der Waals surface area (Å²) in [4.78, 5) is 23.1. The van der Waals surface area contributed by atoms with Crippen LogP contribution >= 0.6 is 0 Å². The van der Waals surface area contributed by atoms with Gasteiger partial charge in [0.25, 0.3) is 0 Å². The van der Waals surface area contributed by atoms with Gasteiger partial charge in [-0.2, -0.15) is 10.1 Å². The maximum atomic E-state index is 11.5. The molecule has 2 aromatic heterocycles. The monoisotopic (exact) mass is 435 g/mol. The molecule has 9 nitrogen and oxygen atoms in total. The maximum Gasteiger partial charge on any atom is 0.229 e. The summed E-state index contributed by atoms with van der Waals surface area (Å²) in [5.74, 6) is 1.06. The fraction of sp³-hybridized carbons (Fsp3) is 0.478. The molecule has 2 aliphatic rings. The van der Waals surface area contributed by atoms with E-state index in [0.29, 0.717) is 5.95 Å². The predicted molar refractivity (Wildman–Crippen MR) is 122 cm³/mol. The summed E-state index contributed by atoms with van der Waals surface area (Å²) in [5.41, 5.74) is 9.75. The van der Waals surface area contributed by atoms with Crippen LogP contribution in [0.2, 0.25) is 0 Å². The van der Waals surface area contributed by atoms with Crippen molar-refractivity contribution in [3.63, 3.8) is 0 Å². The average molecular weight is 436 g/mol. The number of hydrogen-bond donors (Lipinski definition) is 2. The summed E-state index contributed by atoms with van der Waals surface area (Å²) in [6, 6.07) is 4.46. The molecule has 0 unspecified atom stereocenters. The third-order valence-corrected chi connectivity index (χ3v) is 6.75. The first-order valence-corrected chi connectivity index (χ1v) is 11.2. The van der Waals surface area contributed by atoms with Crippen LogP contribution in [0.15, 0.2) is 24.5 Å². The molecule has 3 heterocycles. The standard InChI is InChI=1S/C23H29N7O2/c1-29-8-7-15-10-20(32-2)19(9-16(15)13-29)27-23-25-11-17-12-26-30(22(17)28-23)18-5-3-14(4-6-18)21(24)31/h9-12,14,18H,3-8,13H2,1-2H3,(H2,24,31)(H,25,27,28)/t14-,18-. The number of benzene rings is 1. The van der Waals surface area contributed by atoms with Crippen LogP contribution in [0.4, 0.5) is 11.6 Å². The first-order valence-electron chi connectivity index (χ1n) is 11.2. The maximum absolute atomic E-state index is 11.5. The zero-order valence-corrected chi connectivity index (χ0v) is 18.5. The fourth-order valence-electron chi connectivity index (χ4n) is 4.88. The third-order valence-electron chi connectivity index (χ3n) is 6.75. The van der Waals surface area contributed by atoms with Gasteiger partial charge in [0.2, 0.25) is 11.9 Å². The lowest BCUT2D eigenvalue weighted by Crippen LogP contribution is -2.28. The van der Waals surface area contributed by atoms with Crippen LogP contribution in [-0.2, 0) is 17.8 Å². The second kappa shape index (κ2) is 8.38.